The lowest BCUT2D eigenvalue weighted by atomic mass is 10.0. The second-order valence-corrected chi connectivity index (χ2v) is 9.68. The molecule has 0 unspecified atom stereocenters. The van der Waals surface area contributed by atoms with E-state index in [9.17, 15) is 17.6 Å². The molecule has 30 heavy (non-hydrogen) atoms. The average molecular weight is 445 g/mol. The number of benzene rings is 2. The Kier molecular flexibility index (Phi) is 5.35. The number of nitrogens with one attached hydrogen (secondary N) is 2. The van der Waals surface area contributed by atoms with Crippen molar-refractivity contribution >= 4 is 38.2 Å². The van der Waals surface area contributed by atoms with Gasteiger partial charge in [-0.15, -0.1) is 10.2 Å². The van der Waals surface area contributed by atoms with E-state index in [0.29, 0.717) is 11.4 Å². The maximum Gasteiger partial charge on any atom is 0.293 e. The van der Waals surface area contributed by atoms with Crippen molar-refractivity contribution in [1.29, 1.82) is 0 Å². The van der Waals surface area contributed by atoms with E-state index in [-0.39, 0.29) is 16.6 Å². The minimum absolute atomic E-state index is 0.0486. The summed E-state index contributed by atoms with van der Waals surface area (Å²) < 4.78 is 39.7. The number of rotatable bonds is 6. The van der Waals surface area contributed by atoms with E-state index in [1.807, 2.05) is 29.0 Å². The highest BCUT2D eigenvalue weighted by atomic mass is 32.2. The topological polar surface area (TPSA) is 105 Å². The number of sulfonamides is 1. The molecule has 0 radical (unpaired) electrons. The summed E-state index contributed by atoms with van der Waals surface area (Å²) in [5, 5.41) is 8.67. The number of fused-ring (bicyclic) bond motifs is 1. The molecule has 7 nitrogen and oxygen atoms in total. The second-order valence-electron chi connectivity index (χ2n) is 6.65. The summed E-state index contributed by atoms with van der Waals surface area (Å²) in [6.07, 6.45) is 0.250. The van der Waals surface area contributed by atoms with Crippen molar-refractivity contribution in [3.63, 3.8) is 0 Å². The van der Waals surface area contributed by atoms with Crippen LogP contribution >= 0.6 is 11.3 Å². The molecule has 154 valence electrons. The van der Waals surface area contributed by atoms with Gasteiger partial charge in [0.05, 0.1) is 0 Å². The smallest absolute Gasteiger partial charge is 0.293 e. The second kappa shape index (κ2) is 7.96. The fourth-order valence-corrected chi connectivity index (χ4v) is 5.17. The number of carbonyl (C=O) groups is 1. The predicted octanol–water partition coefficient (Wildman–Crippen LogP) is 3.57. The van der Waals surface area contributed by atoms with Gasteiger partial charge in [0.15, 0.2) is 0 Å². The van der Waals surface area contributed by atoms with Gasteiger partial charge in [-0.05, 0) is 54.8 Å². The molecule has 1 amide bonds. The van der Waals surface area contributed by atoms with Crippen LogP contribution in [0.3, 0.4) is 0 Å². The van der Waals surface area contributed by atoms with Crippen molar-refractivity contribution < 1.29 is 17.6 Å². The Morgan fingerprint density at radius 1 is 1.13 bits per heavy atom. The van der Waals surface area contributed by atoms with Gasteiger partial charge < -0.3 is 4.98 Å². The van der Waals surface area contributed by atoms with Gasteiger partial charge in [-0.1, -0.05) is 29.5 Å². The van der Waals surface area contributed by atoms with Crippen LogP contribution < -0.4 is 4.72 Å². The molecule has 0 saturated heterocycles. The Hall–Kier alpha value is -3.11. The quantitative estimate of drug-likeness (QED) is 0.473. The van der Waals surface area contributed by atoms with E-state index in [4.69, 9.17) is 0 Å². The lowest BCUT2D eigenvalue weighted by Gasteiger charge is -2.07. The van der Waals surface area contributed by atoms with Gasteiger partial charge >= 0.3 is 0 Å². The zero-order valence-corrected chi connectivity index (χ0v) is 17.5. The van der Waals surface area contributed by atoms with E-state index in [0.717, 1.165) is 39.1 Å². The first-order chi connectivity index (χ1) is 14.3. The zero-order valence-electron chi connectivity index (χ0n) is 15.8. The Balaban J connectivity index is 1.58. The van der Waals surface area contributed by atoms with Gasteiger partial charge in [0, 0.05) is 23.0 Å². The van der Waals surface area contributed by atoms with E-state index in [1.54, 1.807) is 19.1 Å². The van der Waals surface area contributed by atoms with Crippen LogP contribution in [0.15, 0.2) is 52.9 Å². The van der Waals surface area contributed by atoms with Gasteiger partial charge in [0.2, 0.25) is 5.91 Å². The number of nitrogens with zero attached hydrogens (tertiary/aromatic N) is 2. The van der Waals surface area contributed by atoms with Gasteiger partial charge in [-0.25, -0.2) is 9.11 Å². The Labute approximate surface area is 176 Å². The molecule has 2 N–H and O–H groups in total. The Bertz CT molecular complexity index is 1330. The van der Waals surface area contributed by atoms with E-state index in [1.165, 1.54) is 12.1 Å². The molecule has 2 aromatic carbocycles. The minimum Gasteiger partial charge on any atom is -0.354 e. The average Bonchev–Trinajstić information content (AvgIpc) is 3.31. The van der Waals surface area contributed by atoms with E-state index in [2.05, 4.69) is 15.2 Å². The van der Waals surface area contributed by atoms with Crippen LogP contribution in [0.25, 0.3) is 22.2 Å². The molecule has 2 aromatic heterocycles. The third kappa shape index (κ3) is 4.10. The molecule has 4 rings (SSSR count). The lowest BCUT2D eigenvalue weighted by molar-refractivity contribution is -0.119. The molecule has 0 bridgehead atoms. The zero-order chi connectivity index (χ0) is 21.3. The molecule has 0 spiro atoms. The number of para-hydroxylation sites is 1. The summed E-state index contributed by atoms with van der Waals surface area (Å²) in [6.45, 7) is 1.63. The van der Waals surface area contributed by atoms with Crippen molar-refractivity contribution in [2.45, 2.75) is 24.1 Å². The molecule has 0 atom stereocenters. The van der Waals surface area contributed by atoms with Gasteiger partial charge in [-0.3, -0.25) is 4.79 Å². The molecule has 0 aliphatic rings. The first kappa shape index (κ1) is 20.2. The van der Waals surface area contributed by atoms with E-state index >= 15 is 0 Å². The molecule has 4 aromatic rings. The van der Waals surface area contributed by atoms with Crippen molar-refractivity contribution in [3.8, 4) is 11.3 Å². The van der Waals surface area contributed by atoms with Crippen LogP contribution in [-0.4, -0.2) is 29.5 Å². The summed E-state index contributed by atoms with van der Waals surface area (Å²) in [5.74, 6) is -0.980. The Morgan fingerprint density at radius 2 is 1.87 bits per heavy atom. The van der Waals surface area contributed by atoms with Gasteiger partial charge in [0.25, 0.3) is 14.4 Å². The van der Waals surface area contributed by atoms with Crippen molar-refractivity contribution in [1.82, 2.24) is 19.9 Å². The third-order valence-electron chi connectivity index (χ3n) is 4.53. The normalized spacial score (nSPS) is 11.7. The number of aromatic nitrogens is 3. The number of aryl methyl sites for hydroxylation is 2. The van der Waals surface area contributed by atoms with Crippen LogP contribution in [0.4, 0.5) is 4.39 Å². The third-order valence-corrected chi connectivity index (χ3v) is 7.11. The molecule has 2 heterocycles. The highest BCUT2D eigenvalue weighted by Crippen LogP contribution is 2.31. The minimum atomic E-state index is -4.04. The highest BCUT2D eigenvalue weighted by molar-refractivity contribution is 7.92. The van der Waals surface area contributed by atoms with Crippen molar-refractivity contribution in [2.24, 2.45) is 0 Å². The van der Waals surface area contributed by atoms with Gasteiger partial charge in [0.1, 0.15) is 10.8 Å². The van der Waals surface area contributed by atoms with Crippen LogP contribution in [0, 0.1) is 12.7 Å². The number of hydrogen-bond acceptors (Lipinski definition) is 6. The molecule has 10 heteroatoms. The summed E-state index contributed by atoms with van der Waals surface area (Å²) >= 11 is 0.895. The highest BCUT2D eigenvalue weighted by Gasteiger charge is 2.23. The molecular formula is C20H17FN4O3S2. The molecule has 0 saturated carbocycles. The molecular weight excluding hydrogens is 427 g/mol. The first-order valence-electron chi connectivity index (χ1n) is 9.05. The van der Waals surface area contributed by atoms with Crippen molar-refractivity contribution in [2.75, 3.05) is 0 Å². The van der Waals surface area contributed by atoms with E-state index < -0.39 is 15.9 Å². The maximum absolute atomic E-state index is 13.3. The summed E-state index contributed by atoms with van der Waals surface area (Å²) in [4.78, 5) is 15.7. The molecule has 0 aliphatic carbocycles. The fourth-order valence-electron chi connectivity index (χ4n) is 3.19. The summed E-state index contributed by atoms with van der Waals surface area (Å²) in [6, 6.07) is 13.7. The number of aromatic amines is 1. The summed E-state index contributed by atoms with van der Waals surface area (Å²) in [5.41, 5.74) is 3.28. The monoisotopic (exact) mass is 444 g/mol. The standard InChI is InChI=1S/C20H17FN4O3S2/c1-12-23-24-20(29-12)30(27,28)25-18(26)11-10-16-15-4-2-3-5-17(15)22-19(16)13-6-8-14(21)9-7-13/h2-9,22H,10-11H2,1H3,(H,25,26). The number of halogens is 1. The van der Waals surface area contributed by atoms with Crippen LogP contribution in [0.5, 0.6) is 0 Å². The lowest BCUT2D eigenvalue weighted by Crippen LogP contribution is -2.30. The molecule has 0 aliphatic heterocycles. The first-order valence-corrected chi connectivity index (χ1v) is 11.3. The SMILES string of the molecule is Cc1nnc(S(=O)(=O)NC(=O)CCc2c(-c3ccc(F)cc3)[nH]c3ccccc23)s1. The number of H-pyrrole nitrogens is 1. The predicted molar refractivity (Wildman–Crippen MR) is 112 cm³/mol. The maximum atomic E-state index is 13.3. The van der Waals surface area contributed by atoms with Crippen molar-refractivity contribution in [3.05, 3.63) is 64.9 Å². The largest absolute Gasteiger partial charge is 0.354 e. The molecule has 0 fully saturated rings. The Morgan fingerprint density at radius 3 is 2.57 bits per heavy atom. The number of carbonyl (C=O) groups excluding carboxylic acids is 1. The van der Waals surface area contributed by atoms with Crippen LogP contribution in [0.1, 0.15) is 17.0 Å². The summed E-state index contributed by atoms with van der Waals surface area (Å²) in [7, 11) is -4.04. The van der Waals surface area contributed by atoms with Gasteiger partial charge in [-0.2, -0.15) is 8.42 Å². The van der Waals surface area contributed by atoms with Crippen LogP contribution in [-0.2, 0) is 21.2 Å². The fraction of sp³-hybridized carbons (Fsp3) is 0.150. The number of amides is 1. The number of hydrogen-bond donors (Lipinski definition) is 2. The van der Waals surface area contributed by atoms with Crippen LogP contribution in [0.2, 0.25) is 0 Å².